The van der Waals surface area contributed by atoms with Crippen LogP contribution in [0.25, 0.3) is 0 Å². The summed E-state index contributed by atoms with van der Waals surface area (Å²) in [6.07, 6.45) is -0.520. The predicted octanol–water partition coefficient (Wildman–Crippen LogP) is 4.97. The van der Waals surface area contributed by atoms with Crippen LogP contribution in [0.2, 0.25) is 0 Å². The summed E-state index contributed by atoms with van der Waals surface area (Å²) in [5.74, 6) is 0.867. The van der Waals surface area contributed by atoms with Crippen LogP contribution in [0, 0.1) is 0 Å². The van der Waals surface area contributed by atoms with Crippen LogP contribution in [0.15, 0.2) is 72.8 Å². The first-order chi connectivity index (χ1) is 16.3. The second-order valence-corrected chi connectivity index (χ2v) is 9.25. The lowest BCUT2D eigenvalue weighted by molar-refractivity contribution is -0.122. The molecule has 0 radical (unpaired) electrons. The zero-order valence-electron chi connectivity index (χ0n) is 19.7. The zero-order chi connectivity index (χ0) is 24.1. The van der Waals surface area contributed by atoms with Crippen LogP contribution in [0.5, 0.6) is 11.5 Å². The van der Waals surface area contributed by atoms with E-state index in [1.807, 2.05) is 48.5 Å². The summed E-state index contributed by atoms with van der Waals surface area (Å²) >= 11 is 0. The SMILES string of the molecule is CC(C)(C)c1ccc(OCC(=O)NCC(=O)c2ccc(C3OCc4ccccc4O3)cc2)cc1. The smallest absolute Gasteiger partial charge is 0.258 e. The first kappa shape index (κ1) is 23.5. The fourth-order valence-corrected chi connectivity index (χ4v) is 3.58. The van der Waals surface area contributed by atoms with Gasteiger partial charge in [0.1, 0.15) is 11.5 Å². The number of carbonyl (C=O) groups excluding carboxylic acids is 2. The molecule has 1 N–H and O–H groups in total. The Bertz CT molecular complexity index is 1150. The highest BCUT2D eigenvalue weighted by Gasteiger charge is 2.22. The standard InChI is InChI=1S/C28H29NO5/c1-28(2,3)22-12-14-23(15-13-22)32-18-26(31)29-16-24(30)19-8-10-20(11-9-19)27-33-17-21-6-4-5-7-25(21)34-27/h4-15,27H,16-18H2,1-3H3,(H,29,31). The zero-order valence-corrected chi connectivity index (χ0v) is 19.7. The molecule has 1 aliphatic rings. The van der Waals surface area contributed by atoms with Gasteiger partial charge < -0.3 is 19.5 Å². The van der Waals surface area contributed by atoms with Gasteiger partial charge in [-0.2, -0.15) is 0 Å². The van der Waals surface area contributed by atoms with Gasteiger partial charge in [0, 0.05) is 16.7 Å². The maximum atomic E-state index is 12.5. The van der Waals surface area contributed by atoms with Crippen LogP contribution in [0.4, 0.5) is 0 Å². The first-order valence-corrected chi connectivity index (χ1v) is 11.3. The molecular formula is C28H29NO5. The highest BCUT2D eigenvalue weighted by Crippen LogP contribution is 2.32. The van der Waals surface area contributed by atoms with Crippen molar-refractivity contribution in [1.29, 1.82) is 0 Å². The molecule has 0 fully saturated rings. The molecule has 3 aromatic carbocycles. The number of carbonyl (C=O) groups is 2. The largest absolute Gasteiger partial charge is 0.484 e. The molecule has 0 bridgehead atoms. The second-order valence-electron chi connectivity index (χ2n) is 9.25. The number of rotatable bonds is 7. The average Bonchev–Trinajstić information content (AvgIpc) is 2.85. The Morgan fingerprint density at radius 1 is 0.971 bits per heavy atom. The van der Waals surface area contributed by atoms with Gasteiger partial charge >= 0.3 is 0 Å². The molecule has 1 amide bonds. The van der Waals surface area contributed by atoms with Crippen LogP contribution in [0.1, 0.15) is 54.1 Å². The summed E-state index contributed by atoms with van der Waals surface area (Å²) in [5.41, 5.74) is 3.57. The van der Waals surface area contributed by atoms with Crippen molar-refractivity contribution in [3.8, 4) is 11.5 Å². The second kappa shape index (κ2) is 10.1. The van der Waals surface area contributed by atoms with Crippen LogP contribution in [-0.2, 0) is 21.6 Å². The van der Waals surface area contributed by atoms with E-state index < -0.39 is 6.29 Å². The van der Waals surface area contributed by atoms with Gasteiger partial charge in [-0.3, -0.25) is 9.59 Å². The molecular weight excluding hydrogens is 430 g/mol. The maximum absolute atomic E-state index is 12.5. The fourth-order valence-electron chi connectivity index (χ4n) is 3.58. The Hall–Kier alpha value is -3.64. The van der Waals surface area contributed by atoms with Gasteiger partial charge in [-0.05, 0) is 29.2 Å². The minimum absolute atomic E-state index is 0.0519. The lowest BCUT2D eigenvalue weighted by atomic mass is 9.87. The molecule has 1 heterocycles. The van der Waals surface area contributed by atoms with Gasteiger partial charge in [0.25, 0.3) is 5.91 Å². The van der Waals surface area contributed by atoms with Crippen LogP contribution in [-0.4, -0.2) is 24.8 Å². The van der Waals surface area contributed by atoms with E-state index in [0.29, 0.717) is 17.9 Å². The molecule has 0 saturated carbocycles. The molecule has 4 rings (SSSR count). The van der Waals surface area contributed by atoms with Gasteiger partial charge in [-0.1, -0.05) is 75.4 Å². The van der Waals surface area contributed by atoms with Gasteiger partial charge in [0.2, 0.25) is 6.29 Å². The molecule has 0 spiro atoms. The molecule has 34 heavy (non-hydrogen) atoms. The number of hydrogen-bond donors (Lipinski definition) is 1. The molecule has 6 nitrogen and oxygen atoms in total. The van der Waals surface area contributed by atoms with Gasteiger partial charge in [-0.25, -0.2) is 0 Å². The van der Waals surface area contributed by atoms with Crippen LogP contribution in [0.3, 0.4) is 0 Å². The van der Waals surface area contributed by atoms with Gasteiger partial charge in [0.15, 0.2) is 12.4 Å². The van der Waals surface area contributed by atoms with Crippen LogP contribution < -0.4 is 14.8 Å². The molecule has 1 aliphatic heterocycles. The van der Waals surface area contributed by atoms with E-state index >= 15 is 0 Å². The van der Waals surface area contributed by atoms with Crippen molar-refractivity contribution in [1.82, 2.24) is 5.32 Å². The summed E-state index contributed by atoms with van der Waals surface area (Å²) in [7, 11) is 0. The molecule has 0 aromatic heterocycles. The Labute approximate surface area is 199 Å². The predicted molar refractivity (Wildman–Crippen MR) is 129 cm³/mol. The minimum Gasteiger partial charge on any atom is -0.484 e. The van der Waals surface area contributed by atoms with E-state index in [-0.39, 0.29) is 30.3 Å². The Kier molecular flexibility index (Phi) is 6.98. The number of amides is 1. The molecule has 176 valence electrons. The van der Waals surface area contributed by atoms with Crippen molar-refractivity contribution in [3.05, 3.63) is 95.1 Å². The minimum atomic E-state index is -0.520. The third kappa shape index (κ3) is 5.83. The highest BCUT2D eigenvalue weighted by atomic mass is 16.7. The number of Topliss-reactive ketones (excluding diaryl/α,β-unsaturated/α-hetero) is 1. The monoisotopic (exact) mass is 459 g/mol. The van der Waals surface area contributed by atoms with E-state index in [4.69, 9.17) is 14.2 Å². The van der Waals surface area contributed by atoms with E-state index in [1.54, 1.807) is 24.3 Å². The maximum Gasteiger partial charge on any atom is 0.258 e. The first-order valence-electron chi connectivity index (χ1n) is 11.3. The number of nitrogens with one attached hydrogen (secondary N) is 1. The molecule has 3 aromatic rings. The van der Waals surface area contributed by atoms with E-state index in [9.17, 15) is 9.59 Å². The average molecular weight is 460 g/mol. The molecule has 0 aliphatic carbocycles. The lowest BCUT2D eigenvalue weighted by Crippen LogP contribution is -2.33. The summed E-state index contributed by atoms with van der Waals surface area (Å²) in [6, 6.07) is 22.4. The summed E-state index contributed by atoms with van der Waals surface area (Å²) in [6.45, 7) is 6.62. The van der Waals surface area contributed by atoms with E-state index in [0.717, 1.165) is 16.9 Å². The van der Waals surface area contributed by atoms with Crippen molar-refractivity contribution in [2.24, 2.45) is 0 Å². The van der Waals surface area contributed by atoms with Crippen molar-refractivity contribution in [3.63, 3.8) is 0 Å². The number of ketones is 1. The normalized spacial score (nSPS) is 15.1. The van der Waals surface area contributed by atoms with E-state index in [2.05, 4.69) is 26.1 Å². The van der Waals surface area contributed by atoms with Gasteiger partial charge in [0.05, 0.1) is 13.2 Å². The van der Waals surface area contributed by atoms with Crippen molar-refractivity contribution in [2.75, 3.05) is 13.2 Å². The topological polar surface area (TPSA) is 73.9 Å². The fraction of sp³-hybridized carbons (Fsp3) is 0.286. The Balaban J connectivity index is 1.24. The third-order valence-electron chi connectivity index (χ3n) is 5.64. The van der Waals surface area contributed by atoms with Crippen molar-refractivity contribution < 1.29 is 23.8 Å². The number of para-hydroxylation sites is 1. The van der Waals surface area contributed by atoms with Gasteiger partial charge in [-0.15, -0.1) is 0 Å². The summed E-state index contributed by atoms with van der Waals surface area (Å²) in [4.78, 5) is 24.6. The number of fused-ring (bicyclic) bond motifs is 1. The van der Waals surface area contributed by atoms with E-state index in [1.165, 1.54) is 5.56 Å². The molecule has 1 unspecified atom stereocenters. The summed E-state index contributed by atoms with van der Waals surface area (Å²) in [5, 5.41) is 2.61. The molecule has 0 saturated heterocycles. The quantitative estimate of drug-likeness (QED) is 0.505. The Morgan fingerprint density at radius 2 is 1.68 bits per heavy atom. The highest BCUT2D eigenvalue weighted by molar-refractivity contribution is 5.99. The number of hydrogen-bond acceptors (Lipinski definition) is 5. The lowest BCUT2D eigenvalue weighted by Gasteiger charge is -2.26. The Morgan fingerprint density at radius 3 is 2.38 bits per heavy atom. The third-order valence-corrected chi connectivity index (χ3v) is 5.64. The van der Waals surface area contributed by atoms with Crippen LogP contribution >= 0.6 is 0 Å². The van der Waals surface area contributed by atoms with Crippen molar-refractivity contribution >= 4 is 11.7 Å². The van der Waals surface area contributed by atoms with Crippen molar-refractivity contribution in [2.45, 2.75) is 39.1 Å². The number of ether oxygens (including phenoxy) is 3. The number of benzene rings is 3. The summed E-state index contributed by atoms with van der Waals surface area (Å²) < 4.78 is 17.2. The molecule has 6 heteroatoms. The molecule has 1 atom stereocenters.